The van der Waals surface area contributed by atoms with Crippen molar-refractivity contribution in [3.63, 3.8) is 0 Å². The fourth-order valence-electron chi connectivity index (χ4n) is 5.28. The Hall–Kier alpha value is -0.280. The summed E-state index contributed by atoms with van der Waals surface area (Å²) < 4.78 is 0. The lowest BCUT2D eigenvalue weighted by Crippen LogP contribution is -2.34. The Kier molecular flexibility index (Phi) is 3.33. The molecule has 2 bridgehead atoms. The fraction of sp³-hybridized carbons (Fsp3) is 0.933. The van der Waals surface area contributed by atoms with Crippen molar-refractivity contribution in [1.29, 1.82) is 0 Å². The minimum atomic E-state index is 0. The van der Waals surface area contributed by atoms with E-state index in [1.54, 1.807) is 0 Å². The van der Waals surface area contributed by atoms with Gasteiger partial charge in [0.1, 0.15) is 0 Å². The monoisotopic (exact) mass is 284 g/mol. The summed E-state index contributed by atoms with van der Waals surface area (Å²) >= 11 is 0. The van der Waals surface area contributed by atoms with Crippen molar-refractivity contribution >= 4 is 18.3 Å². The highest BCUT2D eigenvalue weighted by Gasteiger charge is 2.68. The summed E-state index contributed by atoms with van der Waals surface area (Å²) in [4.78, 5) is 14.7. The standard InChI is InChI=1S/C15H24N2O.ClH/c1-8(16)11-4-5-17(7-11)15(18)14-12-9-2-3-10(6-9)13(12)14;/h8-14H,2-7,16H2,1H3;1H. The van der Waals surface area contributed by atoms with Crippen LogP contribution in [-0.4, -0.2) is 29.9 Å². The molecule has 4 heteroatoms. The maximum absolute atomic E-state index is 12.6. The van der Waals surface area contributed by atoms with E-state index in [4.69, 9.17) is 5.73 Å². The topological polar surface area (TPSA) is 46.3 Å². The Morgan fingerprint density at radius 3 is 2.37 bits per heavy atom. The van der Waals surface area contributed by atoms with Crippen LogP contribution in [0.15, 0.2) is 0 Å². The highest BCUT2D eigenvalue weighted by molar-refractivity contribution is 5.85. The van der Waals surface area contributed by atoms with Crippen molar-refractivity contribution < 1.29 is 4.79 Å². The number of nitrogens with two attached hydrogens (primary N) is 1. The van der Waals surface area contributed by atoms with Gasteiger partial charge in [-0.15, -0.1) is 12.4 Å². The fourth-order valence-corrected chi connectivity index (χ4v) is 5.28. The normalized spacial score (nSPS) is 47.8. The number of hydrogen-bond donors (Lipinski definition) is 1. The third-order valence-electron chi connectivity index (χ3n) is 6.30. The molecule has 1 saturated heterocycles. The number of carbonyl (C=O) groups is 1. The number of hydrogen-bond acceptors (Lipinski definition) is 2. The smallest absolute Gasteiger partial charge is 0.226 e. The van der Waals surface area contributed by atoms with Gasteiger partial charge in [-0.3, -0.25) is 4.79 Å². The number of rotatable bonds is 2. The predicted octanol–water partition coefficient (Wildman–Crippen LogP) is 1.90. The van der Waals surface area contributed by atoms with Crippen LogP contribution >= 0.6 is 12.4 Å². The molecule has 4 aliphatic rings. The van der Waals surface area contributed by atoms with E-state index < -0.39 is 0 Å². The Morgan fingerprint density at radius 1 is 1.21 bits per heavy atom. The Bertz CT molecular complexity index is 370. The van der Waals surface area contributed by atoms with Gasteiger partial charge in [0.05, 0.1) is 0 Å². The maximum atomic E-state index is 12.6. The van der Waals surface area contributed by atoms with Gasteiger partial charge < -0.3 is 10.6 Å². The Morgan fingerprint density at radius 2 is 1.84 bits per heavy atom. The summed E-state index contributed by atoms with van der Waals surface area (Å²) in [6, 6.07) is 0.234. The van der Waals surface area contributed by atoms with E-state index in [-0.39, 0.29) is 18.4 Å². The zero-order valence-electron chi connectivity index (χ0n) is 11.6. The Balaban J connectivity index is 0.00000110. The van der Waals surface area contributed by atoms with Gasteiger partial charge in [-0.1, -0.05) is 0 Å². The van der Waals surface area contributed by atoms with Crippen LogP contribution in [0.3, 0.4) is 0 Å². The molecular weight excluding hydrogens is 260 g/mol. The third-order valence-corrected chi connectivity index (χ3v) is 6.30. The molecule has 0 radical (unpaired) electrons. The van der Waals surface area contributed by atoms with E-state index in [0.29, 0.717) is 17.7 Å². The first-order chi connectivity index (χ1) is 8.66. The van der Waals surface area contributed by atoms with E-state index in [9.17, 15) is 4.79 Å². The first-order valence-electron chi connectivity index (χ1n) is 7.71. The van der Waals surface area contributed by atoms with E-state index >= 15 is 0 Å². The molecule has 0 aromatic carbocycles. The molecule has 4 fully saturated rings. The molecule has 1 amide bonds. The molecule has 108 valence electrons. The van der Waals surface area contributed by atoms with Crippen LogP contribution < -0.4 is 5.73 Å². The average Bonchev–Trinajstić information content (AvgIpc) is 2.79. The van der Waals surface area contributed by atoms with Crippen LogP contribution in [0.25, 0.3) is 0 Å². The predicted molar refractivity (Wildman–Crippen MR) is 76.9 cm³/mol. The molecule has 4 rings (SSSR count). The van der Waals surface area contributed by atoms with Gasteiger partial charge in [-0.2, -0.15) is 0 Å². The summed E-state index contributed by atoms with van der Waals surface area (Å²) in [5.74, 6) is 4.80. The van der Waals surface area contributed by atoms with Gasteiger partial charge in [0.15, 0.2) is 0 Å². The molecule has 2 N–H and O–H groups in total. The zero-order chi connectivity index (χ0) is 12.4. The number of carbonyl (C=O) groups excluding carboxylic acids is 1. The highest BCUT2D eigenvalue weighted by atomic mass is 35.5. The van der Waals surface area contributed by atoms with Gasteiger partial charge in [-0.05, 0) is 62.2 Å². The van der Waals surface area contributed by atoms with Crippen molar-refractivity contribution in [3.05, 3.63) is 0 Å². The van der Waals surface area contributed by atoms with Crippen molar-refractivity contribution in [2.45, 2.75) is 38.6 Å². The van der Waals surface area contributed by atoms with E-state index in [1.807, 2.05) is 0 Å². The molecule has 0 aromatic rings. The van der Waals surface area contributed by atoms with E-state index in [1.165, 1.54) is 19.3 Å². The van der Waals surface area contributed by atoms with Gasteiger partial charge in [0, 0.05) is 25.0 Å². The molecule has 6 unspecified atom stereocenters. The summed E-state index contributed by atoms with van der Waals surface area (Å²) in [6.45, 7) is 3.95. The molecule has 0 spiro atoms. The second kappa shape index (κ2) is 4.63. The van der Waals surface area contributed by atoms with Crippen molar-refractivity contribution in [1.82, 2.24) is 4.90 Å². The Labute approximate surface area is 121 Å². The molecule has 1 aliphatic heterocycles. The minimum absolute atomic E-state index is 0. The van der Waals surface area contributed by atoms with Crippen LogP contribution in [0.1, 0.15) is 32.6 Å². The third kappa shape index (κ3) is 1.92. The van der Waals surface area contributed by atoms with Gasteiger partial charge in [0.2, 0.25) is 5.91 Å². The summed E-state index contributed by atoms with van der Waals surface area (Å²) in [7, 11) is 0. The second-order valence-electron chi connectivity index (χ2n) is 7.21. The quantitative estimate of drug-likeness (QED) is 0.842. The van der Waals surface area contributed by atoms with E-state index in [0.717, 1.165) is 43.2 Å². The van der Waals surface area contributed by atoms with E-state index in [2.05, 4.69) is 11.8 Å². The van der Waals surface area contributed by atoms with Gasteiger partial charge >= 0.3 is 0 Å². The largest absolute Gasteiger partial charge is 0.342 e. The van der Waals surface area contributed by atoms with Crippen molar-refractivity contribution in [2.24, 2.45) is 41.2 Å². The molecular formula is C15H25ClN2O. The number of halogens is 1. The lowest BCUT2D eigenvalue weighted by atomic mass is 10.0. The first kappa shape index (κ1) is 13.7. The second-order valence-corrected chi connectivity index (χ2v) is 7.21. The average molecular weight is 285 g/mol. The van der Waals surface area contributed by atoms with Crippen LogP contribution in [0.4, 0.5) is 0 Å². The minimum Gasteiger partial charge on any atom is -0.342 e. The highest BCUT2D eigenvalue weighted by Crippen LogP contribution is 2.69. The summed E-state index contributed by atoms with van der Waals surface area (Å²) in [5.41, 5.74) is 5.96. The van der Waals surface area contributed by atoms with Crippen LogP contribution in [-0.2, 0) is 4.79 Å². The molecule has 6 atom stereocenters. The zero-order valence-corrected chi connectivity index (χ0v) is 12.4. The lowest BCUT2D eigenvalue weighted by molar-refractivity contribution is -0.132. The maximum Gasteiger partial charge on any atom is 0.226 e. The molecule has 3 nitrogen and oxygen atoms in total. The summed E-state index contributed by atoms with van der Waals surface area (Å²) in [6.07, 6.45) is 5.34. The van der Waals surface area contributed by atoms with Gasteiger partial charge in [-0.25, -0.2) is 0 Å². The van der Waals surface area contributed by atoms with Crippen LogP contribution in [0, 0.1) is 35.5 Å². The molecule has 19 heavy (non-hydrogen) atoms. The number of nitrogens with zero attached hydrogens (tertiary/aromatic N) is 1. The van der Waals surface area contributed by atoms with Crippen molar-refractivity contribution in [2.75, 3.05) is 13.1 Å². The number of amides is 1. The molecule has 3 aliphatic carbocycles. The molecule has 3 saturated carbocycles. The van der Waals surface area contributed by atoms with Crippen LogP contribution in [0.5, 0.6) is 0 Å². The van der Waals surface area contributed by atoms with Crippen molar-refractivity contribution in [3.8, 4) is 0 Å². The molecule has 1 heterocycles. The molecule has 0 aromatic heterocycles. The number of fused-ring (bicyclic) bond motifs is 5. The lowest BCUT2D eigenvalue weighted by Gasteiger charge is -2.19. The SMILES string of the molecule is CC(N)C1CCN(C(=O)C2C3C4CCC(C4)C23)C1.Cl. The first-order valence-corrected chi connectivity index (χ1v) is 7.71. The number of likely N-dealkylation sites (tertiary alicyclic amines) is 1. The van der Waals surface area contributed by atoms with Crippen LogP contribution in [0.2, 0.25) is 0 Å². The van der Waals surface area contributed by atoms with Gasteiger partial charge in [0.25, 0.3) is 0 Å². The summed E-state index contributed by atoms with van der Waals surface area (Å²) in [5, 5.41) is 0.